The molecule has 1 aromatic rings. The zero-order valence-corrected chi connectivity index (χ0v) is 9.44. The van der Waals surface area contributed by atoms with E-state index in [1.165, 1.54) is 0 Å². The third-order valence-electron chi connectivity index (χ3n) is 3.74. The summed E-state index contributed by atoms with van der Waals surface area (Å²) in [5.41, 5.74) is 0.463. The van der Waals surface area contributed by atoms with Crippen LogP contribution < -0.4 is 9.47 Å². The summed E-state index contributed by atoms with van der Waals surface area (Å²) in [5.74, 6) is 0.788. The predicted molar refractivity (Wildman–Crippen MR) is 60.2 cm³/mol. The van der Waals surface area contributed by atoms with Gasteiger partial charge in [0.2, 0.25) is 6.79 Å². The first-order chi connectivity index (χ1) is 8.20. The van der Waals surface area contributed by atoms with E-state index in [1.807, 2.05) is 18.2 Å². The largest absolute Gasteiger partial charge is 0.481 e. The van der Waals surface area contributed by atoms with Crippen LogP contribution in [-0.2, 0) is 11.2 Å². The van der Waals surface area contributed by atoms with Crippen molar-refractivity contribution < 1.29 is 19.4 Å². The van der Waals surface area contributed by atoms with Crippen LogP contribution in [0.4, 0.5) is 0 Å². The second kappa shape index (κ2) is 3.65. The van der Waals surface area contributed by atoms with Gasteiger partial charge in [-0.15, -0.1) is 0 Å². The molecule has 3 rings (SSSR count). The number of hydrogen-bond acceptors (Lipinski definition) is 3. The van der Waals surface area contributed by atoms with Crippen LogP contribution >= 0.6 is 0 Å². The number of rotatable bonds is 3. The highest BCUT2D eigenvalue weighted by molar-refractivity contribution is 5.76. The van der Waals surface area contributed by atoms with Gasteiger partial charge >= 0.3 is 5.97 Å². The molecule has 1 heterocycles. The topological polar surface area (TPSA) is 55.8 Å². The summed E-state index contributed by atoms with van der Waals surface area (Å²) in [6.07, 6.45) is 3.14. The number of benzene rings is 1. The molecule has 2 aliphatic rings. The molecule has 90 valence electrons. The Kier molecular flexibility index (Phi) is 2.24. The highest BCUT2D eigenvalue weighted by Gasteiger charge is 2.44. The van der Waals surface area contributed by atoms with Crippen LogP contribution in [0.3, 0.4) is 0 Å². The SMILES string of the molecule is O=C(O)C1(Cc2ccc3c(c2)OCO3)CCC1. The van der Waals surface area contributed by atoms with Gasteiger partial charge in [-0.05, 0) is 37.0 Å². The minimum absolute atomic E-state index is 0.253. The molecular weight excluding hydrogens is 220 g/mol. The van der Waals surface area contributed by atoms with E-state index in [-0.39, 0.29) is 6.79 Å². The molecule has 1 N–H and O–H groups in total. The minimum Gasteiger partial charge on any atom is -0.481 e. The van der Waals surface area contributed by atoms with E-state index >= 15 is 0 Å². The van der Waals surface area contributed by atoms with Gasteiger partial charge in [0, 0.05) is 0 Å². The summed E-state index contributed by atoms with van der Waals surface area (Å²) in [7, 11) is 0. The second-order valence-corrected chi connectivity index (χ2v) is 4.80. The van der Waals surface area contributed by atoms with Crippen molar-refractivity contribution in [3.63, 3.8) is 0 Å². The summed E-state index contributed by atoms with van der Waals surface area (Å²) in [4.78, 5) is 11.3. The van der Waals surface area contributed by atoms with Crippen LogP contribution in [0.5, 0.6) is 11.5 Å². The maximum Gasteiger partial charge on any atom is 0.309 e. The van der Waals surface area contributed by atoms with E-state index in [2.05, 4.69) is 0 Å². The zero-order chi connectivity index (χ0) is 11.9. The van der Waals surface area contributed by atoms with Crippen molar-refractivity contribution >= 4 is 5.97 Å². The number of hydrogen-bond donors (Lipinski definition) is 1. The van der Waals surface area contributed by atoms with Gasteiger partial charge in [-0.3, -0.25) is 4.79 Å². The van der Waals surface area contributed by atoms with E-state index in [4.69, 9.17) is 9.47 Å². The molecule has 0 unspecified atom stereocenters. The van der Waals surface area contributed by atoms with Gasteiger partial charge < -0.3 is 14.6 Å². The Hall–Kier alpha value is -1.71. The van der Waals surface area contributed by atoms with Crippen LogP contribution in [0.2, 0.25) is 0 Å². The fourth-order valence-electron chi connectivity index (χ4n) is 2.51. The molecule has 4 heteroatoms. The number of carboxylic acids is 1. The van der Waals surface area contributed by atoms with E-state index < -0.39 is 11.4 Å². The quantitative estimate of drug-likeness (QED) is 0.871. The van der Waals surface area contributed by atoms with E-state index in [0.717, 1.165) is 36.3 Å². The Balaban J connectivity index is 1.83. The van der Waals surface area contributed by atoms with Crippen molar-refractivity contribution in [1.82, 2.24) is 0 Å². The molecule has 17 heavy (non-hydrogen) atoms. The van der Waals surface area contributed by atoms with Crippen molar-refractivity contribution in [3.05, 3.63) is 23.8 Å². The Morgan fingerprint density at radius 1 is 1.29 bits per heavy atom. The third kappa shape index (κ3) is 1.64. The Bertz CT molecular complexity index is 462. The first-order valence-corrected chi connectivity index (χ1v) is 5.82. The summed E-state index contributed by atoms with van der Waals surface area (Å²) in [6, 6.07) is 5.67. The molecule has 0 saturated heterocycles. The van der Waals surface area contributed by atoms with Crippen LogP contribution in [0.1, 0.15) is 24.8 Å². The van der Waals surface area contributed by atoms with Crippen molar-refractivity contribution in [1.29, 1.82) is 0 Å². The molecule has 1 fully saturated rings. The monoisotopic (exact) mass is 234 g/mol. The predicted octanol–water partition coefficient (Wildman–Crippen LogP) is 2.21. The van der Waals surface area contributed by atoms with Crippen LogP contribution in [0, 0.1) is 5.41 Å². The summed E-state index contributed by atoms with van der Waals surface area (Å²) in [5, 5.41) is 9.28. The van der Waals surface area contributed by atoms with Crippen molar-refractivity contribution in [2.24, 2.45) is 5.41 Å². The number of ether oxygens (including phenoxy) is 2. The highest BCUT2D eigenvalue weighted by Crippen LogP contribution is 2.45. The average Bonchev–Trinajstić information content (AvgIpc) is 2.69. The van der Waals surface area contributed by atoms with Gasteiger partial charge in [0.15, 0.2) is 11.5 Å². The van der Waals surface area contributed by atoms with Gasteiger partial charge in [0.1, 0.15) is 0 Å². The fraction of sp³-hybridized carbons (Fsp3) is 0.462. The fourth-order valence-corrected chi connectivity index (χ4v) is 2.51. The van der Waals surface area contributed by atoms with Gasteiger partial charge in [-0.1, -0.05) is 12.5 Å². The lowest BCUT2D eigenvalue weighted by atomic mass is 9.65. The Labute approximate surface area is 99.2 Å². The first kappa shape index (κ1) is 10.4. The molecule has 0 bridgehead atoms. The third-order valence-corrected chi connectivity index (χ3v) is 3.74. The van der Waals surface area contributed by atoms with Crippen molar-refractivity contribution in [2.75, 3.05) is 6.79 Å². The molecule has 0 amide bonds. The van der Waals surface area contributed by atoms with E-state index in [9.17, 15) is 9.90 Å². The minimum atomic E-state index is -0.679. The lowest BCUT2D eigenvalue weighted by Crippen LogP contribution is -2.39. The van der Waals surface area contributed by atoms with Gasteiger partial charge in [0.25, 0.3) is 0 Å². The number of fused-ring (bicyclic) bond motifs is 1. The van der Waals surface area contributed by atoms with Crippen LogP contribution in [-0.4, -0.2) is 17.9 Å². The Morgan fingerprint density at radius 2 is 2.06 bits per heavy atom. The van der Waals surface area contributed by atoms with Crippen molar-refractivity contribution in [3.8, 4) is 11.5 Å². The lowest BCUT2D eigenvalue weighted by molar-refractivity contribution is -0.154. The molecule has 1 aliphatic heterocycles. The molecule has 1 saturated carbocycles. The molecule has 4 nitrogen and oxygen atoms in total. The van der Waals surface area contributed by atoms with Gasteiger partial charge in [0.05, 0.1) is 5.41 Å². The molecule has 1 aliphatic carbocycles. The molecule has 0 spiro atoms. The maximum absolute atomic E-state index is 11.3. The lowest BCUT2D eigenvalue weighted by Gasteiger charge is -2.37. The van der Waals surface area contributed by atoms with Crippen molar-refractivity contribution in [2.45, 2.75) is 25.7 Å². The van der Waals surface area contributed by atoms with Crippen LogP contribution in [0.25, 0.3) is 0 Å². The first-order valence-electron chi connectivity index (χ1n) is 5.82. The molecule has 0 radical (unpaired) electrons. The molecule has 1 aromatic carbocycles. The second-order valence-electron chi connectivity index (χ2n) is 4.80. The number of carboxylic acid groups (broad SMARTS) is 1. The number of carbonyl (C=O) groups is 1. The molecular formula is C13H14O4. The maximum atomic E-state index is 11.3. The average molecular weight is 234 g/mol. The standard InChI is InChI=1S/C13H14O4/c14-12(15)13(4-1-5-13)7-9-2-3-10-11(6-9)17-8-16-10/h2-3,6H,1,4-5,7-8H2,(H,14,15). The summed E-state index contributed by atoms with van der Waals surface area (Å²) >= 11 is 0. The molecule has 0 atom stereocenters. The van der Waals surface area contributed by atoms with E-state index in [1.54, 1.807) is 0 Å². The normalized spacial score (nSPS) is 19.8. The number of aliphatic carboxylic acids is 1. The van der Waals surface area contributed by atoms with Gasteiger partial charge in [-0.2, -0.15) is 0 Å². The summed E-state index contributed by atoms with van der Waals surface area (Å²) in [6.45, 7) is 0.253. The van der Waals surface area contributed by atoms with Crippen LogP contribution in [0.15, 0.2) is 18.2 Å². The summed E-state index contributed by atoms with van der Waals surface area (Å²) < 4.78 is 10.5. The zero-order valence-electron chi connectivity index (χ0n) is 9.44. The van der Waals surface area contributed by atoms with E-state index in [0.29, 0.717) is 6.42 Å². The van der Waals surface area contributed by atoms with Gasteiger partial charge in [-0.25, -0.2) is 0 Å². The molecule has 0 aromatic heterocycles. The smallest absolute Gasteiger partial charge is 0.309 e. The highest BCUT2D eigenvalue weighted by atomic mass is 16.7. The Morgan fingerprint density at radius 3 is 2.71 bits per heavy atom.